The van der Waals surface area contributed by atoms with Crippen LogP contribution in [0.25, 0.3) is 0 Å². The standard InChI is InChI=1S/C3H9B.Y/c1-4(2)3;/h1-3H3;/q-1;. The third-order valence-corrected chi connectivity index (χ3v) is 0. The van der Waals surface area contributed by atoms with Gasteiger partial charge < -0.3 is 0 Å². The Kier molecular flexibility index (Phi) is 9.80. The molecule has 0 fully saturated rings. The van der Waals surface area contributed by atoms with Crippen molar-refractivity contribution in [3.05, 3.63) is 0 Å². The minimum Gasteiger partial charge on any atom is -0.221 e. The molecular formula is C3H9BY-. The largest absolute Gasteiger partial charge is 0.221 e. The van der Waals surface area contributed by atoms with Gasteiger partial charge >= 0.3 is 0 Å². The summed E-state index contributed by atoms with van der Waals surface area (Å²) in [4.78, 5) is 0. The Balaban J connectivity index is 0. The SMILES string of the molecule is C[B-](C)C.[Y]. The minimum atomic E-state index is 0. The Bertz CT molecular complexity index is 11.6. The summed E-state index contributed by atoms with van der Waals surface area (Å²) in [6.45, 7) is 7.33. The number of hydrogen-bond donors (Lipinski definition) is 0. The second-order valence-corrected chi connectivity index (χ2v) is 1.73. The maximum absolute atomic E-state index is 2.17. The molecule has 0 aliphatic carbocycles. The predicted octanol–water partition coefficient (Wildman–Crippen LogP) is 1.37. The Hall–Kier alpha value is 1.17. The molecule has 0 atom stereocenters. The van der Waals surface area contributed by atoms with E-state index < -0.39 is 0 Å². The molecule has 0 aromatic rings. The van der Waals surface area contributed by atoms with E-state index in [2.05, 4.69) is 20.5 Å². The van der Waals surface area contributed by atoms with Crippen molar-refractivity contribution in [1.29, 1.82) is 0 Å². The van der Waals surface area contributed by atoms with Crippen LogP contribution in [0.2, 0.25) is 20.5 Å². The van der Waals surface area contributed by atoms with Gasteiger partial charge in [0.2, 0.25) is 0 Å². The average Bonchev–Trinajstić information content (AvgIpc) is 0.811. The normalized spacial score (nSPS) is 7.20. The molecule has 0 bridgehead atoms. The topological polar surface area (TPSA) is 0 Å². The first-order valence-corrected chi connectivity index (χ1v) is 1.73. The summed E-state index contributed by atoms with van der Waals surface area (Å²) in [5.74, 6) is 0. The summed E-state index contributed by atoms with van der Waals surface area (Å²) >= 11 is 0. The summed E-state index contributed by atoms with van der Waals surface area (Å²) in [6.07, 6.45) is 0. The first-order valence-electron chi connectivity index (χ1n) is 1.73. The van der Waals surface area contributed by atoms with Crippen LogP contribution >= 0.6 is 0 Å². The van der Waals surface area contributed by atoms with Crippen molar-refractivity contribution in [3.8, 4) is 0 Å². The van der Waals surface area contributed by atoms with Crippen LogP contribution in [0.15, 0.2) is 0 Å². The zero-order chi connectivity index (χ0) is 3.58. The second kappa shape index (κ2) is 5.17. The van der Waals surface area contributed by atoms with Crippen LogP contribution in [0.1, 0.15) is 0 Å². The van der Waals surface area contributed by atoms with E-state index in [9.17, 15) is 0 Å². The Labute approximate surface area is 59.7 Å². The average molecular weight is 145 g/mol. The summed E-state index contributed by atoms with van der Waals surface area (Å²) in [7, 11) is 0. The van der Waals surface area contributed by atoms with Crippen molar-refractivity contribution in [2.24, 2.45) is 0 Å². The van der Waals surface area contributed by atoms with Crippen LogP contribution in [0.3, 0.4) is 0 Å². The molecule has 2 radical (unpaired) electrons. The van der Waals surface area contributed by atoms with Gasteiger partial charge in [-0.05, 0) is 0 Å². The predicted molar refractivity (Wildman–Crippen MR) is 23.3 cm³/mol. The smallest absolute Gasteiger partial charge is 0 e. The van der Waals surface area contributed by atoms with Gasteiger partial charge in [-0.2, -0.15) is 0 Å². The molecule has 0 aromatic carbocycles. The fourth-order valence-electron chi connectivity index (χ4n) is 0. The van der Waals surface area contributed by atoms with Crippen molar-refractivity contribution in [2.45, 2.75) is 20.5 Å². The first-order chi connectivity index (χ1) is 1.73. The van der Waals surface area contributed by atoms with Gasteiger partial charge in [0, 0.05) is 32.7 Å². The summed E-state index contributed by atoms with van der Waals surface area (Å²) in [5.41, 5.74) is 0. The van der Waals surface area contributed by atoms with Gasteiger partial charge in [-0.1, -0.05) is 0 Å². The third kappa shape index (κ3) is 38.0. The second-order valence-electron chi connectivity index (χ2n) is 1.73. The molecule has 0 amide bonds. The Morgan fingerprint density at radius 3 is 1.00 bits per heavy atom. The first kappa shape index (κ1) is 9.48. The monoisotopic (exact) mass is 145 g/mol. The van der Waals surface area contributed by atoms with Crippen molar-refractivity contribution in [1.82, 2.24) is 0 Å². The van der Waals surface area contributed by atoms with Gasteiger partial charge in [-0.3, -0.25) is 0 Å². The van der Waals surface area contributed by atoms with E-state index in [0.717, 1.165) is 6.71 Å². The molecule has 0 heterocycles. The van der Waals surface area contributed by atoms with E-state index in [0.29, 0.717) is 0 Å². The molecule has 0 spiro atoms. The van der Waals surface area contributed by atoms with Gasteiger partial charge in [-0.25, -0.2) is 20.5 Å². The molecule has 2 heteroatoms. The van der Waals surface area contributed by atoms with Gasteiger partial charge in [-0.15, -0.1) is 6.71 Å². The van der Waals surface area contributed by atoms with E-state index in [1.807, 2.05) is 0 Å². The van der Waals surface area contributed by atoms with Gasteiger partial charge in [0.1, 0.15) is 0 Å². The van der Waals surface area contributed by atoms with Crippen LogP contribution in [-0.4, -0.2) is 6.71 Å². The van der Waals surface area contributed by atoms with Crippen molar-refractivity contribution in [2.75, 3.05) is 0 Å². The van der Waals surface area contributed by atoms with E-state index in [1.54, 1.807) is 0 Å². The van der Waals surface area contributed by atoms with Crippen molar-refractivity contribution < 1.29 is 32.7 Å². The Morgan fingerprint density at radius 1 is 1.00 bits per heavy atom. The van der Waals surface area contributed by atoms with Gasteiger partial charge in [0.05, 0.1) is 0 Å². The quantitative estimate of drug-likeness (QED) is 0.451. The number of hydrogen-bond acceptors (Lipinski definition) is 0. The molecule has 0 rings (SSSR count). The minimum absolute atomic E-state index is 0. The molecule has 0 aliphatic heterocycles. The van der Waals surface area contributed by atoms with Gasteiger partial charge in [0.15, 0.2) is 0 Å². The zero-order valence-corrected chi connectivity index (χ0v) is 6.99. The molecule has 0 unspecified atom stereocenters. The summed E-state index contributed by atoms with van der Waals surface area (Å²) in [5, 5.41) is 0. The van der Waals surface area contributed by atoms with Crippen molar-refractivity contribution in [3.63, 3.8) is 0 Å². The Morgan fingerprint density at radius 2 is 1.00 bits per heavy atom. The van der Waals surface area contributed by atoms with Crippen LogP contribution in [0, 0.1) is 0 Å². The number of rotatable bonds is 0. The van der Waals surface area contributed by atoms with Crippen molar-refractivity contribution >= 4 is 6.71 Å². The fourth-order valence-corrected chi connectivity index (χ4v) is 0. The molecule has 0 saturated heterocycles. The zero-order valence-electron chi connectivity index (χ0n) is 4.15. The summed E-state index contributed by atoms with van der Waals surface area (Å²) < 4.78 is 0. The molecule has 0 nitrogen and oxygen atoms in total. The van der Waals surface area contributed by atoms with Crippen LogP contribution in [-0.2, 0) is 32.7 Å². The maximum atomic E-state index is 2.17. The van der Waals surface area contributed by atoms with Crippen LogP contribution in [0.4, 0.5) is 0 Å². The van der Waals surface area contributed by atoms with E-state index in [1.165, 1.54) is 0 Å². The van der Waals surface area contributed by atoms with Crippen LogP contribution < -0.4 is 0 Å². The van der Waals surface area contributed by atoms with E-state index in [4.69, 9.17) is 0 Å². The summed E-state index contributed by atoms with van der Waals surface area (Å²) in [6, 6.07) is 0. The van der Waals surface area contributed by atoms with Crippen LogP contribution in [0.5, 0.6) is 0 Å². The van der Waals surface area contributed by atoms with E-state index in [-0.39, 0.29) is 32.7 Å². The molecule has 0 N–H and O–H groups in total. The van der Waals surface area contributed by atoms with Gasteiger partial charge in [0.25, 0.3) is 0 Å². The van der Waals surface area contributed by atoms with E-state index >= 15 is 0 Å². The molecule has 0 aromatic heterocycles. The maximum Gasteiger partial charge on any atom is 0 e. The molecule has 5 heavy (non-hydrogen) atoms. The molecular weight excluding hydrogens is 136 g/mol. The molecule has 0 aliphatic rings. The molecule has 28 valence electrons. The fraction of sp³-hybridized carbons (Fsp3) is 1.00. The third-order valence-electron chi connectivity index (χ3n) is 0. The molecule has 0 saturated carbocycles.